The van der Waals surface area contributed by atoms with Crippen LogP contribution >= 0.6 is 0 Å². The predicted octanol–water partition coefficient (Wildman–Crippen LogP) is 11.5. The number of rotatable bonds is 30. The molecular weight excluding hydrogens is 442 g/mol. The molecule has 0 aliphatic heterocycles. The molecule has 36 heavy (non-hydrogen) atoms. The monoisotopic (exact) mass is 506 g/mol. The molecule has 2 nitrogen and oxygen atoms in total. The Morgan fingerprint density at radius 1 is 0.556 bits per heavy atom. The summed E-state index contributed by atoms with van der Waals surface area (Å²) in [6.45, 7) is 4.54. The first-order chi connectivity index (χ1) is 17.8. The molecule has 0 aromatic heterocycles. The lowest BCUT2D eigenvalue weighted by Gasteiger charge is -2.09. The Kier molecular flexibility index (Phi) is 29.5. The number of hydrogen-bond donors (Lipinski definition) is 0. The van der Waals surface area contributed by atoms with Gasteiger partial charge in [-0.15, -0.1) is 0 Å². The molecule has 0 aromatic carbocycles. The van der Waals surface area contributed by atoms with Gasteiger partial charge in [0.1, 0.15) is 12.1 Å². The summed E-state index contributed by atoms with van der Waals surface area (Å²) in [5.41, 5.74) is 0. The largest absolute Gasteiger partial charge is 0.303 e. The van der Waals surface area contributed by atoms with Crippen molar-refractivity contribution in [2.24, 2.45) is 5.92 Å². The van der Waals surface area contributed by atoms with Crippen molar-refractivity contribution < 1.29 is 9.59 Å². The van der Waals surface area contributed by atoms with Gasteiger partial charge in [-0.3, -0.25) is 4.79 Å². The fourth-order valence-electron chi connectivity index (χ4n) is 5.07. The van der Waals surface area contributed by atoms with Crippen molar-refractivity contribution in [1.82, 2.24) is 0 Å². The molecule has 0 saturated carbocycles. The molecule has 0 radical (unpaired) electrons. The summed E-state index contributed by atoms with van der Waals surface area (Å²) in [6, 6.07) is 0. The van der Waals surface area contributed by atoms with E-state index in [2.05, 4.69) is 26.0 Å². The van der Waals surface area contributed by atoms with Crippen LogP contribution in [0, 0.1) is 5.92 Å². The van der Waals surface area contributed by atoms with Gasteiger partial charge in [0.15, 0.2) is 0 Å². The zero-order valence-corrected chi connectivity index (χ0v) is 24.7. The summed E-state index contributed by atoms with van der Waals surface area (Å²) in [5, 5.41) is 0. The van der Waals surface area contributed by atoms with Gasteiger partial charge in [0.2, 0.25) is 0 Å². The SMILES string of the molecule is CCCCCCCC/C=C\CCCCCCC(C=O)C(=O)[14CH2]CCCCCCCCCCCCCC. The van der Waals surface area contributed by atoms with Crippen molar-refractivity contribution in [3.05, 3.63) is 12.2 Å². The summed E-state index contributed by atoms with van der Waals surface area (Å²) >= 11 is 0. The Hall–Kier alpha value is -0.920. The molecule has 1 unspecified atom stereocenters. The molecule has 0 amide bonds. The number of Topliss-reactive ketones (excluding diaryl/α,β-unsaturated/α-hetero) is 1. The van der Waals surface area contributed by atoms with E-state index in [1.807, 2.05) is 0 Å². The second kappa shape index (κ2) is 30.3. The number of aldehydes is 1. The number of carbonyl (C=O) groups excluding carboxylic acids is 2. The highest BCUT2D eigenvalue weighted by Crippen LogP contribution is 2.16. The Morgan fingerprint density at radius 2 is 0.944 bits per heavy atom. The number of hydrogen-bond acceptors (Lipinski definition) is 2. The van der Waals surface area contributed by atoms with Gasteiger partial charge in [-0.25, -0.2) is 0 Å². The highest BCUT2D eigenvalue weighted by Gasteiger charge is 2.16. The van der Waals surface area contributed by atoms with Gasteiger partial charge in [-0.2, -0.15) is 0 Å². The van der Waals surface area contributed by atoms with E-state index in [4.69, 9.17) is 0 Å². The summed E-state index contributed by atoms with van der Waals surface area (Å²) < 4.78 is 0. The second-order valence-corrected chi connectivity index (χ2v) is 11.2. The van der Waals surface area contributed by atoms with Crippen LogP contribution in [0.5, 0.6) is 0 Å². The van der Waals surface area contributed by atoms with E-state index in [1.165, 1.54) is 135 Å². The molecule has 0 spiro atoms. The molecule has 0 aliphatic rings. The molecule has 2 heteroatoms. The minimum atomic E-state index is -0.348. The molecule has 0 fully saturated rings. The van der Waals surface area contributed by atoms with Crippen LogP contribution in [0.4, 0.5) is 0 Å². The van der Waals surface area contributed by atoms with E-state index in [0.29, 0.717) is 6.42 Å². The summed E-state index contributed by atoms with van der Waals surface area (Å²) in [5.74, 6) is -0.162. The molecule has 0 heterocycles. The molecule has 0 N–H and O–H groups in total. The van der Waals surface area contributed by atoms with Crippen LogP contribution in [-0.2, 0) is 9.59 Å². The van der Waals surface area contributed by atoms with Gasteiger partial charge < -0.3 is 4.79 Å². The fraction of sp³-hybridized carbons (Fsp3) is 0.882. The lowest BCUT2D eigenvalue weighted by molar-refractivity contribution is -0.127. The topological polar surface area (TPSA) is 34.1 Å². The Bertz CT molecular complexity index is 482. The van der Waals surface area contributed by atoms with Crippen LogP contribution in [0.2, 0.25) is 0 Å². The lowest BCUT2D eigenvalue weighted by Crippen LogP contribution is -2.15. The fourth-order valence-corrected chi connectivity index (χ4v) is 5.07. The third-order valence-electron chi connectivity index (χ3n) is 7.63. The maximum Gasteiger partial charge on any atom is 0.143 e. The van der Waals surface area contributed by atoms with Crippen LogP contribution in [0.3, 0.4) is 0 Å². The van der Waals surface area contributed by atoms with E-state index < -0.39 is 0 Å². The zero-order chi connectivity index (χ0) is 26.4. The molecule has 0 saturated heterocycles. The molecule has 1 atom stereocenters. The minimum Gasteiger partial charge on any atom is -0.303 e. The summed E-state index contributed by atoms with van der Waals surface area (Å²) in [4.78, 5) is 23.8. The van der Waals surface area contributed by atoms with Crippen molar-refractivity contribution in [2.75, 3.05) is 0 Å². The third kappa shape index (κ3) is 26.2. The Labute approximate surface area is 226 Å². The van der Waals surface area contributed by atoms with E-state index in [-0.39, 0.29) is 11.7 Å². The normalized spacial score (nSPS) is 12.4. The molecule has 0 rings (SSSR count). The Balaban J connectivity index is 3.48. The third-order valence-corrected chi connectivity index (χ3v) is 7.63. The molecule has 212 valence electrons. The van der Waals surface area contributed by atoms with Crippen LogP contribution < -0.4 is 0 Å². The maximum atomic E-state index is 12.4. The first-order valence-electron chi connectivity index (χ1n) is 16.4. The van der Waals surface area contributed by atoms with Crippen molar-refractivity contribution in [2.45, 2.75) is 187 Å². The van der Waals surface area contributed by atoms with Crippen LogP contribution in [-0.4, -0.2) is 12.1 Å². The molecule has 0 aromatic rings. The quantitative estimate of drug-likeness (QED) is 0.0420. The highest BCUT2D eigenvalue weighted by atomic mass is 16.2. The van der Waals surface area contributed by atoms with Gasteiger partial charge in [-0.1, -0.05) is 154 Å². The van der Waals surface area contributed by atoms with E-state index >= 15 is 0 Å². The van der Waals surface area contributed by atoms with Gasteiger partial charge in [0.05, 0.1) is 5.92 Å². The summed E-state index contributed by atoms with van der Waals surface area (Å²) in [6.07, 6.45) is 39.3. The van der Waals surface area contributed by atoms with Gasteiger partial charge in [0, 0.05) is 6.42 Å². The molecule has 0 aliphatic carbocycles. The van der Waals surface area contributed by atoms with Crippen molar-refractivity contribution >= 4 is 12.1 Å². The second-order valence-electron chi connectivity index (χ2n) is 11.2. The van der Waals surface area contributed by atoms with Crippen LogP contribution in [0.1, 0.15) is 187 Å². The van der Waals surface area contributed by atoms with Crippen molar-refractivity contribution in [3.63, 3.8) is 0 Å². The van der Waals surface area contributed by atoms with E-state index in [1.54, 1.807) is 0 Å². The van der Waals surface area contributed by atoms with Gasteiger partial charge >= 0.3 is 0 Å². The average Bonchev–Trinajstić information content (AvgIpc) is 2.89. The van der Waals surface area contributed by atoms with Crippen molar-refractivity contribution in [3.8, 4) is 0 Å². The summed E-state index contributed by atoms with van der Waals surface area (Å²) in [7, 11) is 0. The van der Waals surface area contributed by atoms with Crippen molar-refractivity contribution in [1.29, 1.82) is 0 Å². The first-order valence-corrected chi connectivity index (χ1v) is 16.4. The van der Waals surface area contributed by atoms with Gasteiger partial charge in [-0.05, 0) is 38.5 Å². The van der Waals surface area contributed by atoms with Crippen LogP contribution in [0.15, 0.2) is 12.2 Å². The highest BCUT2D eigenvalue weighted by molar-refractivity contribution is 5.93. The van der Waals surface area contributed by atoms with E-state index in [0.717, 1.165) is 38.4 Å². The first kappa shape index (κ1) is 35.1. The lowest BCUT2D eigenvalue weighted by atomic mass is 10.0. The number of ketones is 1. The average molecular weight is 507 g/mol. The Morgan fingerprint density at radius 3 is 1.39 bits per heavy atom. The minimum absolute atomic E-state index is 0.186. The zero-order valence-electron chi connectivity index (χ0n) is 24.7. The number of carbonyl (C=O) groups is 2. The maximum absolute atomic E-state index is 12.4. The number of unbranched alkanes of at least 4 members (excludes halogenated alkanes) is 22. The number of allylic oxidation sites excluding steroid dienone is 2. The standard InChI is InChI=1S/C34H64O2/c1-3-5-7-9-11-13-15-17-19-20-22-24-26-28-30-33(32-35)34(36)31-29-27-25-23-21-18-16-14-12-10-8-6-4-2/h17,19,32-33H,3-16,18,20-31H2,1-2H3/b19-17-/i31+2. The predicted molar refractivity (Wildman–Crippen MR) is 160 cm³/mol. The molecular formula is C34H64O2. The van der Waals surface area contributed by atoms with E-state index in [9.17, 15) is 9.59 Å². The van der Waals surface area contributed by atoms with Gasteiger partial charge in [0.25, 0.3) is 0 Å². The smallest absolute Gasteiger partial charge is 0.143 e. The molecule has 0 bridgehead atoms. The van der Waals surface area contributed by atoms with Crippen LogP contribution in [0.25, 0.3) is 0 Å².